The van der Waals surface area contributed by atoms with E-state index in [0.717, 1.165) is 5.69 Å². The average Bonchev–Trinajstić information content (AvgIpc) is 2.72. The highest BCUT2D eigenvalue weighted by Gasteiger charge is 2.04. The summed E-state index contributed by atoms with van der Waals surface area (Å²) in [4.78, 5) is 12.2. The molecule has 0 unspecified atom stereocenters. The molecule has 7 nitrogen and oxygen atoms in total. The predicted molar refractivity (Wildman–Crippen MR) is 57.8 cm³/mol. The van der Waals surface area contributed by atoms with Crippen molar-refractivity contribution in [1.82, 2.24) is 20.1 Å². The van der Waals surface area contributed by atoms with Crippen molar-refractivity contribution in [3.8, 4) is 6.07 Å². The van der Waals surface area contributed by atoms with Gasteiger partial charge in [0.1, 0.15) is 11.8 Å². The monoisotopic (exact) mass is 230 g/mol. The second-order valence-corrected chi connectivity index (χ2v) is 3.41. The summed E-state index contributed by atoms with van der Waals surface area (Å²) in [5, 5.41) is 15.4. The maximum atomic E-state index is 8.77. The molecule has 0 atom stereocenters. The molecule has 0 fully saturated rings. The Balaban J connectivity index is 2.09. The Bertz CT molecular complexity index is 570. The van der Waals surface area contributed by atoms with Gasteiger partial charge in [0.2, 0.25) is 11.8 Å². The van der Waals surface area contributed by atoms with E-state index in [9.17, 15) is 0 Å². The number of rotatable bonds is 3. The van der Waals surface area contributed by atoms with Crippen LogP contribution in [0.25, 0.3) is 0 Å². The fraction of sp³-hybridized carbons (Fsp3) is 0.300. The van der Waals surface area contributed by atoms with Crippen molar-refractivity contribution >= 4 is 5.95 Å². The van der Waals surface area contributed by atoms with Gasteiger partial charge in [-0.3, -0.25) is 0 Å². The highest BCUT2D eigenvalue weighted by molar-refractivity contribution is 5.32. The number of hydrogen-bond donors (Lipinski definition) is 1. The number of nitriles is 1. The van der Waals surface area contributed by atoms with Crippen LogP contribution >= 0.6 is 0 Å². The maximum Gasteiger partial charge on any atom is 0.224 e. The minimum Gasteiger partial charge on any atom is -0.347 e. The van der Waals surface area contributed by atoms with Crippen molar-refractivity contribution in [1.29, 1.82) is 5.26 Å². The first-order valence-electron chi connectivity index (χ1n) is 4.96. The number of aromatic nitrogens is 4. The third-order valence-corrected chi connectivity index (χ3v) is 1.94. The van der Waals surface area contributed by atoms with Gasteiger partial charge in [0.05, 0.1) is 6.54 Å². The molecule has 1 N–H and O–H groups in total. The summed E-state index contributed by atoms with van der Waals surface area (Å²) in [5.41, 5.74) is 1.05. The lowest BCUT2D eigenvalue weighted by Gasteiger charge is -2.02. The van der Waals surface area contributed by atoms with E-state index in [-0.39, 0.29) is 0 Å². The Hall–Kier alpha value is -2.49. The Morgan fingerprint density at radius 3 is 2.82 bits per heavy atom. The molecule has 2 heterocycles. The van der Waals surface area contributed by atoms with Gasteiger partial charge in [-0.15, -0.1) is 0 Å². The van der Waals surface area contributed by atoms with Crippen molar-refractivity contribution in [2.75, 3.05) is 5.32 Å². The average molecular weight is 230 g/mol. The first-order valence-corrected chi connectivity index (χ1v) is 4.96. The van der Waals surface area contributed by atoms with Crippen LogP contribution in [-0.4, -0.2) is 20.1 Å². The standard InChI is InChI=1S/C10H10N6O/c1-6-3-8(4-11)15-10(13-6)12-5-9-14-7(2)17-16-9/h3H,5H2,1-2H3,(H,12,13,15). The van der Waals surface area contributed by atoms with E-state index in [1.165, 1.54) is 0 Å². The van der Waals surface area contributed by atoms with Crippen LogP contribution in [0.2, 0.25) is 0 Å². The molecular weight excluding hydrogens is 220 g/mol. The van der Waals surface area contributed by atoms with Crippen LogP contribution in [0.3, 0.4) is 0 Å². The molecule has 0 aliphatic carbocycles. The summed E-state index contributed by atoms with van der Waals surface area (Å²) in [6, 6.07) is 3.58. The number of aryl methyl sites for hydroxylation is 2. The molecule has 17 heavy (non-hydrogen) atoms. The van der Waals surface area contributed by atoms with E-state index in [0.29, 0.717) is 29.9 Å². The summed E-state index contributed by atoms with van der Waals surface area (Å²) in [5.74, 6) is 1.40. The van der Waals surface area contributed by atoms with Crippen LogP contribution in [0.4, 0.5) is 5.95 Å². The largest absolute Gasteiger partial charge is 0.347 e. The molecule has 0 spiro atoms. The number of nitrogens with one attached hydrogen (secondary N) is 1. The van der Waals surface area contributed by atoms with Gasteiger partial charge in [0.15, 0.2) is 5.82 Å². The van der Waals surface area contributed by atoms with Crippen molar-refractivity contribution < 1.29 is 4.52 Å². The van der Waals surface area contributed by atoms with E-state index < -0.39 is 0 Å². The first kappa shape index (κ1) is 11.0. The van der Waals surface area contributed by atoms with Crippen molar-refractivity contribution in [3.63, 3.8) is 0 Å². The first-order chi connectivity index (χ1) is 8.17. The molecule has 0 radical (unpaired) electrons. The van der Waals surface area contributed by atoms with Crippen molar-refractivity contribution in [3.05, 3.63) is 29.2 Å². The van der Waals surface area contributed by atoms with Crippen molar-refractivity contribution in [2.24, 2.45) is 0 Å². The lowest BCUT2D eigenvalue weighted by Crippen LogP contribution is -2.06. The topological polar surface area (TPSA) is 101 Å². The summed E-state index contributed by atoms with van der Waals surface area (Å²) in [7, 11) is 0. The van der Waals surface area contributed by atoms with Gasteiger partial charge in [-0.05, 0) is 13.0 Å². The van der Waals surface area contributed by atoms with Gasteiger partial charge < -0.3 is 9.84 Å². The highest BCUT2D eigenvalue weighted by Crippen LogP contribution is 2.05. The van der Waals surface area contributed by atoms with Crippen LogP contribution < -0.4 is 5.32 Å². The zero-order valence-corrected chi connectivity index (χ0v) is 9.43. The van der Waals surface area contributed by atoms with E-state index in [1.54, 1.807) is 19.9 Å². The zero-order valence-electron chi connectivity index (χ0n) is 9.43. The molecule has 0 saturated heterocycles. The van der Waals surface area contributed by atoms with E-state index in [1.807, 2.05) is 6.07 Å². The Labute approximate surface area is 97.5 Å². The van der Waals surface area contributed by atoms with Gasteiger partial charge in [-0.2, -0.15) is 10.2 Å². The van der Waals surface area contributed by atoms with Crippen LogP contribution in [-0.2, 0) is 6.54 Å². The normalized spacial score (nSPS) is 9.94. The van der Waals surface area contributed by atoms with Gasteiger partial charge in [0.25, 0.3) is 0 Å². The zero-order chi connectivity index (χ0) is 12.3. The molecule has 0 amide bonds. The molecule has 0 aliphatic rings. The maximum absolute atomic E-state index is 8.77. The molecular formula is C10H10N6O. The lowest BCUT2D eigenvalue weighted by atomic mass is 10.3. The second kappa shape index (κ2) is 4.57. The van der Waals surface area contributed by atoms with Gasteiger partial charge >= 0.3 is 0 Å². The number of hydrogen-bond acceptors (Lipinski definition) is 7. The Morgan fingerprint density at radius 2 is 2.18 bits per heavy atom. The summed E-state index contributed by atoms with van der Waals surface area (Å²) < 4.78 is 4.83. The van der Waals surface area contributed by atoms with Crippen LogP contribution in [0.5, 0.6) is 0 Å². The van der Waals surface area contributed by atoms with E-state index in [2.05, 4.69) is 25.4 Å². The van der Waals surface area contributed by atoms with E-state index >= 15 is 0 Å². The van der Waals surface area contributed by atoms with Crippen LogP contribution in [0, 0.1) is 25.2 Å². The van der Waals surface area contributed by atoms with Gasteiger partial charge in [-0.1, -0.05) is 5.16 Å². The van der Waals surface area contributed by atoms with Gasteiger partial charge in [-0.25, -0.2) is 9.97 Å². The Morgan fingerprint density at radius 1 is 1.35 bits per heavy atom. The highest BCUT2D eigenvalue weighted by atomic mass is 16.5. The predicted octanol–water partition coefficient (Wildman–Crippen LogP) is 0.960. The van der Waals surface area contributed by atoms with Crippen molar-refractivity contribution in [2.45, 2.75) is 20.4 Å². The SMILES string of the molecule is Cc1cc(C#N)nc(NCc2noc(C)n2)n1. The molecule has 0 saturated carbocycles. The number of anilines is 1. The summed E-state index contributed by atoms with van der Waals surface area (Å²) in [6.07, 6.45) is 0. The quantitative estimate of drug-likeness (QED) is 0.837. The van der Waals surface area contributed by atoms with Crippen LogP contribution in [0.1, 0.15) is 23.1 Å². The summed E-state index contributed by atoms with van der Waals surface area (Å²) in [6.45, 7) is 3.87. The third kappa shape index (κ3) is 2.75. The lowest BCUT2D eigenvalue weighted by molar-refractivity contribution is 0.388. The summed E-state index contributed by atoms with van der Waals surface area (Å²) >= 11 is 0. The fourth-order valence-electron chi connectivity index (χ4n) is 1.28. The van der Waals surface area contributed by atoms with Gasteiger partial charge in [0, 0.05) is 12.6 Å². The number of nitrogens with zero attached hydrogens (tertiary/aromatic N) is 5. The van der Waals surface area contributed by atoms with E-state index in [4.69, 9.17) is 9.78 Å². The second-order valence-electron chi connectivity index (χ2n) is 3.41. The molecule has 0 aromatic carbocycles. The molecule has 2 rings (SSSR count). The minimum atomic E-state index is 0.323. The smallest absolute Gasteiger partial charge is 0.224 e. The molecule has 7 heteroatoms. The molecule has 86 valence electrons. The molecule has 2 aromatic rings. The van der Waals surface area contributed by atoms with Crippen LogP contribution in [0.15, 0.2) is 10.6 Å². The molecule has 2 aromatic heterocycles. The minimum absolute atomic E-state index is 0.323. The third-order valence-electron chi connectivity index (χ3n) is 1.94. The molecule has 0 aliphatic heterocycles. The fourth-order valence-corrected chi connectivity index (χ4v) is 1.28. The Kier molecular flexibility index (Phi) is 2.96. The molecule has 0 bridgehead atoms.